The maximum absolute atomic E-state index is 13.4. The summed E-state index contributed by atoms with van der Waals surface area (Å²) in [6.07, 6.45) is 0.484. The van der Waals surface area contributed by atoms with E-state index in [1.54, 1.807) is 23.0 Å². The summed E-state index contributed by atoms with van der Waals surface area (Å²) in [5.41, 5.74) is 0.480. The number of halogens is 3. The highest BCUT2D eigenvalue weighted by Crippen LogP contribution is 2.39. The average molecular weight is 492 g/mol. The Morgan fingerprint density at radius 3 is 2.87 bits per heavy atom. The van der Waals surface area contributed by atoms with Crippen LogP contribution in [0.2, 0.25) is 0 Å². The van der Waals surface area contributed by atoms with E-state index in [1.165, 1.54) is 12.3 Å². The Morgan fingerprint density at radius 1 is 1.37 bits per heavy atom. The topological polar surface area (TPSA) is 89.6 Å². The van der Waals surface area contributed by atoms with E-state index in [9.17, 15) is 13.6 Å². The van der Waals surface area contributed by atoms with Crippen LogP contribution in [0.5, 0.6) is 0 Å². The zero-order chi connectivity index (χ0) is 21.0. The summed E-state index contributed by atoms with van der Waals surface area (Å²) in [5.74, 6) is 0.665. The molecule has 0 spiro atoms. The number of pyridine rings is 1. The molecule has 0 fully saturated rings. The molecule has 7 nitrogen and oxygen atoms in total. The Balaban J connectivity index is 1.87. The number of thiophene rings is 1. The minimum Gasteiger partial charge on any atom is -0.464 e. The number of furan rings is 1. The molecule has 30 heavy (non-hydrogen) atoms. The van der Waals surface area contributed by atoms with Crippen LogP contribution < -0.4 is 5.56 Å². The smallest absolute Gasteiger partial charge is 0.280 e. The molecule has 5 heterocycles. The fourth-order valence-electron chi connectivity index (χ4n) is 3.24. The van der Waals surface area contributed by atoms with Crippen LogP contribution in [-0.4, -0.2) is 24.7 Å². The number of aromatic nitrogens is 5. The number of rotatable bonds is 4. The molecule has 0 aliphatic rings. The van der Waals surface area contributed by atoms with Crippen molar-refractivity contribution in [3.63, 3.8) is 0 Å². The molecule has 0 amide bonds. The molecular formula is C19H12BrF2N5O2S. The van der Waals surface area contributed by atoms with E-state index in [1.807, 2.05) is 6.92 Å². The maximum Gasteiger partial charge on any atom is 0.280 e. The van der Waals surface area contributed by atoms with Crippen molar-refractivity contribution in [2.24, 2.45) is 0 Å². The molecule has 0 bridgehead atoms. The molecule has 5 aromatic heterocycles. The van der Waals surface area contributed by atoms with Crippen molar-refractivity contribution >= 4 is 47.7 Å². The molecule has 0 saturated heterocycles. The zero-order valence-corrected chi connectivity index (χ0v) is 17.7. The van der Waals surface area contributed by atoms with E-state index in [0.717, 1.165) is 11.3 Å². The van der Waals surface area contributed by atoms with Gasteiger partial charge in [0.15, 0.2) is 5.82 Å². The van der Waals surface area contributed by atoms with Crippen LogP contribution in [-0.2, 0) is 6.54 Å². The van der Waals surface area contributed by atoms with Crippen LogP contribution in [0.15, 0.2) is 44.3 Å². The number of aryl methyl sites for hydroxylation is 1. The number of nitrogens with one attached hydrogen (secondary N) is 1. The standard InChI is InChI=1S/C19H12BrF2N5O2S/c1-2-27-7-9(20)13(26-27)17-24-14-12-8(11-4-3-5-29-11)6-10(16(21)22)23-19(12)30-15(14)18(28)25-17/h3-7,16H,2H2,1H3,(H,24,25,28). The van der Waals surface area contributed by atoms with Crippen LogP contribution in [0.4, 0.5) is 8.78 Å². The van der Waals surface area contributed by atoms with Crippen LogP contribution in [0.1, 0.15) is 19.0 Å². The van der Waals surface area contributed by atoms with Crippen molar-refractivity contribution < 1.29 is 13.2 Å². The van der Waals surface area contributed by atoms with Gasteiger partial charge < -0.3 is 9.40 Å². The molecule has 0 radical (unpaired) electrons. The quantitative estimate of drug-likeness (QED) is 0.364. The van der Waals surface area contributed by atoms with Crippen molar-refractivity contribution in [3.8, 4) is 22.8 Å². The number of nitrogens with zero attached hydrogens (tertiary/aromatic N) is 4. The summed E-state index contributed by atoms with van der Waals surface area (Å²) in [5, 5.41) is 4.92. The molecule has 0 aromatic carbocycles. The molecule has 0 aliphatic heterocycles. The van der Waals surface area contributed by atoms with E-state index in [4.69, 9.17) is 4.42 Å². The van der Waals surface area contributed by atoms with Crippen LogP contribution >= 0.6 is 27.3 Å². The van der Waals surface area contributed by atoms with Gasteiger partial charge in [0.1, 0.15) is 26.7 Å². The van der Waals surface area contributed by atoms with E-state index in [0.29, 0.717) is 48.5 Å². The van der Waals surface area contributed by atoms with Gasteiger partial charge in [0.2, 0.25) is 0 Å². The van der Waals surface area contributed by atoms with Gasteiger partial charge in [-0.2, -0.15) is 5.10 Å². The summed E-state index contributed by atoms with van der Waals surface area (Å²) in [4.78, 5) is 24.5. The fraction of sp³-hybridized carbons (Fsp3) is 0.158. The van der Waals surface area contributed by atoms with Crippen LogP contribution in [0, 0.1) is 0 Å². The van der Waals surface area contributed by atoms with Crippen molar-refractivity contribution in [3.05, 3.63) is 51.2 Å². The normalized spacial score (nSPS) is 11.9. The lowest BCUT2D eigenvalue weighted by molar-refractivity contribution is 0.146. The second kappa shape index (κ2) is 7.10. The Bertz CT molecular complexity index is 1460. The molecule has 5 rings (SSSR count). The van der Waals surface area contributed by atoms with E-state index in [2.05, 4.69) is 36.0 Å². The van der Waals surface area contributed by atoms with Gasteiger partial charge in [0.05, 0.1) is 16.3 Å². The minimum absolute atomic E-state index is 0.273. The second-order valence-corrected chi connectivity index (χ2v) is 8.28. The molecular weight excluding hydrogens is 480 g/mol. The second-order valence-electron chi connectivity index (χ2n) is 6.43. The van der Waals surface area contributed by atoms with Crippen LogP contribution in [0.25, 0.3) is 43.3 Å². The zero-order valence-electron chi connectivity index (χ0n) is 15.3. The summed E-state index contributed by atoms with van der Waals surface area (Å²) in [7, 11) is 0. The highest BCUT2D eigenvalue weighted by Gasteiger charge is 2.23. The van der Waals surface area contributed by atoms with E-state index in [-0.39, 0.29) is 17.1 Å². The third kappa shape index (κ3) is 2.96. The van der Waals surface area contributed by atoms with Crippen LogP contribution in [0.3, 0.4) is 0 Å². The number of hydrogen-bond donors (Lipinski definition) is 1. The Morgan fingerprint density at radius 2 is 2.20 bits per heavy atom. The molecule has 5 aromatic rings. The monoisotopic (exact) mass is 491 g/mol. The molecule has 0 unspecified atom stereocenters. The van der Waals surface area contributed by atoms with E-state index >= 15 is 0 Å². The maximum atomic E-state index is 13.4. The van der Waals surface area contributed by atoms with Gasteiger partial charge in [-0.3, -0.25) is 9.48 Å². The predicted molar refractivity (Wildman–Crippen MR) is 113 cm³/mol. The molecule has 1 N–H and O–H groups in total. The van der Waals surface area contributed by atoms with Crippen molar-refractivity contribution in [1.29, 1.82) is 0 Å². The van der Waals surface area contributed by atoms with Gasteiger partial charge in [-0.25, -0.2) is 18.7 Å². The Labute approximate surface area is 179 Å². The van der Waals surface area contributed by atoms with Gasteiger partial charge in [-0.15, -0.1) is 11.3 Å². The van der Waals surface area contributed by atoms with Gasteiger partial charge >= 0.3 is 0 Å². The number of fused-ring (bicyclic) bond motifs is 3. The lowest BCUT2D eigenvalue weighted by atomic mass is 10.1. The summed E-state index contributed by atoms with van der Waals surface area (Å²) in [6.45, 7) is 2.59. The lowest BCUT2D eigenvalue weighted by Gasteiger charge is -2.05. The first-order chi connectivity index (χ1) is 14.5. The third-order valence-corrected chi connectivity index (χ3v) is 6.25. The van der Waals surface area contributed by atoms with Crippen molar-refractivity contribution in [2.75, 3.05) is 0 Å². The van der Waals surface area contributed by atoms with Gasteiger partial charge in [0, 0.05) is 23.7 Å². The molecule has 0 aliphatic carbocycles. The van der Waals surface area contributed by atoms with Gasteiger partial charge in [-0.1, -0.05) is 0 Å². The highest BCUT2D eigenvalue weighted by atomic mass is 79.9. The predicted octanol–water partition coefficient (Wildman–Crippen LogP) is 5.38. The van der Waals surface area contributed by atoms with Crippen molar-refractivity contribution in [1.82, 2.24) is 24.7 Å². The number of H-pyrrole nitrogens is 1. The van der Waals surface area contributed by atoms with Gasteiger partial charge in [-0.05, 0) is 41.1 Å². The highest BCUT2D eigenvalue weighted by molar-refractivity contribution is 9.10. The largest absolute Gasteiger partial charge is 0.464 e. The summed E-state index contributed by atoms with van der Waals surface area (Å²) >= 11 is 4.46. The fourth-order valence-corrected chi connectivity index (χ4v) is 4.78. The molecule has 152 valence electrons. The van der Waals surface area contributed by atoms with Crippen molar-refractivity contribution in [2.45, 2.75) is 19.9 Å². The first-order valence-corrected chi connectivity index (χ1v) is 10.5. The Kier molecular flexibility index (Phi) is 4.51. The minimum atomic E-state index is -2.76. The SMILES string of the molecule is CCn1cc(Br)c(-c2nc3c(sc4nc(C(F)F)cc(-c5ccco5)c43)c(=O)[nH]2)n1. The lowest BCUT2D eigenvalue weighted by Crippen LogP contribution is -2.08. The first-order valence-electron chi connectivity index (χ1n) is 8.89. The van der Waals surface area contributed by atoms with E-state index < -0.39 is 6.43 Å². The average Bonchev–Trinajstić information content (AvgIpc) is 3.45. The Hall–Kier alpha value is -2.92. The number of alkyl halides is 2. The molecule has 11 heteroatoms. The third-order valence-electron chi connectivity index (χ3n) is 4.59. The molecule has 0 saturated carbocycles. The van der Waals surface area contributed by atoms with Gasteiger partial charge in [0.25, 0.3) is 12.0 Å². The molecule has 0 atom stereocenters. The number of hydrogen-bond acceptors (Lipinski definition) is 6. The first kappa shape index (κ1) is 19.1. The summed E-state index contributed by atoms with van der Waals surface area (Å²) in [6, 6.07) is 4.61. The number of aromatic amines is 1. The summed E-state index contributed by atoms with van der Waals surface area (Å²) < 4.78 is 35.0.